The minimum absolute atomic E-state index is 0. The number of nitrogens with zero attached hydrogens (tertiary/aromatic N) is 2. The van der Waals surface area contributed by atoms with Crippen LogP contribution >= 0.6 is 0 Å². The minimum Gasteiger partial charge on any atom is -0.491 e. The zero-order valence-electron chi connectivity index (χ0n) is 40.2. The molecule has 5 N–H and O–H groups in total. The first kappa shape index (κ1) is 57.5. The molecule has 9 amide bonds. The molecule has 0 radical (unpaired) electrons. The Hall–Kier alpha value is -8.37. The van der Waals surface area contributed by atoms with Crippen LogP contribution in [0.25, 0.3) is 0 Å². The minimum atomic E-state index is -1.04. The Morgan fingerprint density at radius 3 is 1.36 bits per heavy atom. The number of piperidine rings is 2. The SMILES string of the molecule is C.C.CC(C)(C)OC(=O)Nc1ccc(OCCOCCOc2cccc3c2C(=O)N(C2CCC(=O)NC2=O)C3=O)cc1.Nc1ccc(OCCOCCOc2cccc3c2C(=O)N(C2CCC(=O)NC2=O)C3=O)cc1. The number of imide groups is 4. The fourth-order valence-electron chi connectivity index (χ4n) is 7.89. The molecular weight excluding hydrogens is 977 g/mol. The van der Waals surface area contributed by atoms with Crippen molar-refractivity contribution in [1.82, 2.24) is 20.4 Å². The van der Waals surface area contributed by atoms with Gasteiger partial charge in [0.2, 0.25) is 23.6 Å². The average molecular weight is 1040 g/mol. The summed E-state index contributed by atoms with van der Waals surface area (Å²) in [6.45, 7) is 7.29. The molecule has 4 aliphatic rings. The third-order valence-corrected chi connectivity index (χ3v) is 11.2. The van der Waals surface area contributed by atoms with Crippen LogP contribution in [0.4, 0.5) is 16.2 Å². The van der Waals surface area contributed by atoms with E-state index in [1.165, 1.54) is 12.1 Å². The summed E-state index contributed by atoms with van der Waals surface area (Å²) in [7, 11) is 0. The molecule has 0 aliphatic carbocycles. The number of carbonyl (C=O) groups excluding carboxylic acids is 9. The van der Waals surface area contributed by atoms with E-state index >= 15 is 0 Å². The van der Waals surface area contributed by atoms with E-state index in [4.69, 9.17) is 38.9 Å². The lowest BCUT2D eigenvalue weighted by Gasteiger charge is -2.27. The molecule has 4 heterocycles. The number of fused-ring (bicyclic) bond motifs is 2. The molecular formula is C53H62N6O16. The summed E-state index contributed by atoms with van der Waals surface area (Å²) in [5.41, 5.74) is 6.78. The number of ether oxygens (including phenoxy) is 7. The lowest BCUT2D eigenvalue weighted by Crippen LogP contribution is -2.54. The number of hydrogen-bond donors (Lipinski definition) is 4. The summed E-state index contributed by atoms with van der Waals surface area (Å²) in [6.07, 6.45) is -0.259. The van der Waals surface area contributed by atoms with Crippen LogP contribution in [0.3, 0.4) is 0 Å². The van der Waals surface area contributed by atoms with E-state index in [1.807, 2.05) is 0 Å². The molecule has 0 saturated carbocycles. The van der Waals surface area contributed by atoms with Crippen molar-refractivity contribution < 1.29 is 76.3 Å². The van der Waals surface area contributed by atoms with Crippen molar-refractivity contribution in [2.45, 2.75) is 79.0 Å². The van der Waals surface area contributed by atoms with E-state index in [0.29, 0.717) is 36.1 Å². The summed E-state index contributed by atoms with van der Waals surface area (Å²) in [5, 5.41) is 6.99. The van der Waals surface area contributed by atoms with Gasteiger partial charge in [0.25, 0.3) is 23.6 Å². The number of amides is 9. The van der Waals surface area contributed by atoms with Crippen LogP contribution < -0.4 is 40.6 Å². The van der Waals surface area contributed by atoms with E-state index in [9.17, 15) is 43.2 Å². The monoisotopic (exact) mass is 1040 g/mol. The highest BCUT2D eigenvalue weighted by Crippen LogP contribution is 2.35. The molecule has 2 saturated heterocycles. The number of anilines is 2. The van der Waals surface area contributed by atoms with Gasteiger partial charge in [-0.05, 0) is 106 Å². The molecule has 8 rings (SSSR count). The summed E-state index contributed by atoms with van der Waals surface area (Å²) >= 11 is 0. The third kappa shape index (κ3) is 14.7. The molecule has 400 valence electrons. The highest BCUT2D eigenvalue weighted by molar-refractivity contribution is 6.25. The van der Waals surface area contributed by atoms with E-state index in [2.05, 4.69) is 16.0 Å². The molecule has 2 atom stereocenters. The van der Waals surface area contributed by atoms with Gasteiger partial charge in [0.1, 0.15) is 67.1 Å². The Labute approximate surface area is 433 Å². The van der Waals surface area contributed by atoms with Crippen LogP contribution in [0.1, 0.15) is 103 Å². The molecule has 0 aromatic heterocycles. The van der Waals surface area contributed by atoms with Gasteiger partial charge in [-0.25, -0.2) is 4.79 Å². The van der Waals surface area contributed by atoms with Crippen molar-refractivity contribution in [3.8, 4) is 23.0 Å². The first-order valence-electron chi connectivity index (χ1n) is 23.3. The molecule has 4 aromatic rings. The molecule has 75 heavy (non-hydrogen) atoms. The largest absolute Gasteiger partial charge is 0.491 e. The lowest BCUT2D eigenvalue weighted by atomic mass is 10.0. The van der Waals surface area contributed by atoms with Crippen molar-refractivity contribution in [1.29, 1.82) is 0 Å². The average Bonchev–Trinajstić information content (AvgIpc) is 3.75. The predicted octanol–water partition coefficient (Wildman–Crippen LogP) is 5.33. The van der Waals surface area contributed by atoms with Crippen LogP contribution in [-0.4, -0.2) is 134 Å². The zero-order valence-corrected chi connectivity index (χ0v) is 40.2. The number of benzene rings is 4. The maximum Gasteiger partial charge on any atom is 0.412 e. The number of hydrogen-bond acceptors (Lipinski definition) is 17. The Balaban J connectivity index is 0.000000275. The quantitative estimate of drug-likeness (QED) is 0.0525. The first-order chi connectivity index (χ1) is 35.0. The highest BCUT2D eigenvalue weighted by atomic mass is 16.6. The molecule has 0 bridgehead atoms. The molecule has 22 heteroatoms. The van der Waals surface area contributed by atoms with Gasteiger partial charge in [-0.3, -0.25) is 64.1 Å². The van der Waals surface area contributed by atoms with E-state index in [0.717, 1.165) is 9.80 Å². The predicted molar refractivity (Wildman–Crippen MR) is 270 cm³/mol. The Bertz CT molecular complexity index is 2760. The second-order valence-corrected chi connectivity index (χ2v) is 17.6. The molecule has 2 unspecified atom stereocenters. The molecule has 4 aliphatic heterocycles. The Kier molecular flexibility index (Phi) is 20.0. The van der Waals surface area contributed by atoms with Crippen molar-refractivity contribution >= 4 is 64.7 Å². The summed E-state index contributed by atoms with van der Waals surface area (Å²) in [4.78, 5) is 113. The summed E-state index contributed by atoms with van der Waals surface area (Å²) in [5.74, 6) is -2.86. The molecule has 4 aromatic carbocycles. The number of rotatable bonds is 19. The van der Waals surface area contributed by atoms with E-state index in [-0.39, 0.29) is 114 Å². The number of nitrogens with two attached hydrogens (primary N) is 1. The zero-order chi connectivity index (χ0) is 52.2. The van der Waals surface area contributed by atoms with Gasteiger partial charge in [0, 0.05) is 24.2 Å². The van der Waals surface area contributed by atoms with Crippen LogP contribution in [0.15, 0.2) is 84.9 Å². The van der Waals surface area contributed by atoms with E-state index < -0.39 is 71.0 Å². The normalized spacial score (nSPS) is 16.8. The smallest absolute Gasteiger partial charge is 0.412 e. The number of nitrogen functional groups attached to an aromatic ring is 1. The van der Waals surface area contributed by atoms with Gasteiger partial charge in [0.05, 0.1) is 48.7 Å². The number of nitrogens with one attached hydrogen (secondary N) is 3. The lowest BCUT2D eigenvalue weighted by molar-refractivity contribution is -0.137. The van der Waals surface area contributed by atoms with E-state index in [1.54, 1.807) is 93.6 Å². The van der Waals surface area contributed by atoms with Gasteiger partial charge in [-0.1, -0.05) is 27.0 Å². The maximum absolute atomic E-state index is 13.1. The van der Waals surface area contributed by atoms with Crippen molar-refractivity contribution in [2.24, 2.45) is 0 Å². The second-order valence-electron chi connectivity index (χ2n) is 17.6. The standard InChI is InChI=1S/C28H31N3O9.C23H23N3O7.2CH4/c1-28(2,3)40-27(36)29-17-7-9-18(10-8-17)38-15-13-37-14-16-39-21-6-4-5-19-23(21)26(35)31(25(19)34)20-11-12-22(32)30-24(20)33;24-14-4-6-15(7-5-14)32-12-10-31-11-13-33-18-3-1-2-16-20(18)23(30)26(22(16)29)17-8-9-19(27)25-21(17)28;;/h4-10,20H,11-16H2,1-3H3,(H,29,36)(H,30,32,33);1-7,17H,8-13,24H2,(H,25,27,28);2*1H4. The summed E-state index contributed by atoms with van der Waals surface area (Å²) < 4.78 is 38.8. The van der Waals surface area contributed by atoms with Crippen LogP contribution in [0, 0.1) is 0 Å². The summed E-state index contributed by atoms with van der Waals surface area (Å²) in [6, 6.07) is 21.1. The second kappa shape index (κ2) is 26.0. The number of carbonyl (C=O) groups is 9. The molecule has 0 spiro atoms. The topological polar surface area (TPSA) is 287 Å². The highest BCUT2D eigenvalue weighted by Gasteiger charge is 2.47. The Morgan fingerprint density at radius 2 is 0.960 bits per heavy atom. The van der Waals surface area contributed by atoms with Crippen molar-refractivity contribution in [3.05, 3.63) is 107 Å². The van der Waals surface area contributed by atoms with Gasteiger partial charge in [0.15, 0.2) is 0 Å². The maximum atomic E-state index is 13.1. The molecule has 22 nitrogen and oxygen atoms in total. The van der Waals surface area contributed by atoms with Gasteiger partial charge < -0.3 is 38.9 Å². The van der Waals surface area contributed by atoms with Crippen molar-refractivity contribution in [2.75, 3.05) is 63.9 Å². The van der Waals surface area contributed by atoms with Gasteiger partial charge in [-0.2, -0.15) is 0 Å². The van der Waals surface area contributed by atoms with Gasteiger partial charge >= 0.3 is 6.09 Å². The fourth-order valence-corrected chi connectivity index (χ4v) is 7.89. The first-order valence-corrected chi connectivity index (χ1v) is 23.3. The molecule has 2 fully saturated rings. The van der Waals surface area contributed by atoms with Crippen molar-refractivity contribution in [3.63, 3.8) is 0 Å². The fraction of sp³-hybridized carbons (Fsp3) is 0.377. The van der Waals surface area contributed by atoms with Crippen LogP contribution in [-0.2, 0) is 33.4 Å². The van der Waals surface area contributed by atoms with Crippen LogP contribution in [0.5, 0.6) is 23.0 Å². The van der Waals surface area contributed by atoms with Crippen LogP contribution in [0.2, 0.25) is 0 Å². The third-order valence-electron chi connectivity index (χ3n) is 11.2. The van der Waals surface area contributed by atoms with Gasteiger partial charge in [-0.15, -0.1) is 0 Å². The Morgan fingerprint density at radius 1 is 0.560 bits per heavy atom.